The van der Waals surface area contributed by atoms with Gasteiger partial charge in [0.05, 0.1) is 27.6 Å². The van der Waals surface area contributed by atoms with Crippen molar-refractivity contribution in [3.05, 3.63) is 0 Å². The highest BCUT2D eigenvalue weighted by Crippen LogP contribution is 2.06. The second kappa shape index (κ2) is 3.38. The number of nitrogens with two attached hydrogens (primary N) is 1. The fourth-order valence-corrected chi connectivity index (χ4v) is 1.14. The Morgan fingerprint density at radius 2 is 1.92 bits per heavy atom. The Bertz CT molecular complexity index is 172. The summed E-state index contributed by atoms with van der Waals surface area (Å²) in [6, 6.07) is 0. The van der Waals surface area contributed by atoms with Crippen LogP contribution in [0.3, 0.4) is 0 Å². The monoisotopic (exact) mass is 177 g/mol. The molecule has 4 N–H and O–H groups in total. The van der Waals surface area contributed by atoms with Crippen LogP contribution in [0.5, 0.6) is 0 Å². The number of hydrogen-bond donors (Lipinski definition) is 3. The van der Waals surface area contributed by atoms with Crippen LogP contribution in [0.15, 0.2) is 0 Å². The highest BCUT2D eigenvalue weighted by atomic mass is 16.4. The molecular weight excluding hydrogens is 160 g/mol. The molecular formula is C7H17N2O3+. The molecule has 0 aliphatic carbocycles. The van der Waals surface area contributed by atoms with Gasteiger partial charge in [-0.15, -0.1) is 0 Å². The summed E-state index contributed by atoms with van der Waals surface area (Å²) in [5.74, 6) is -1.09. The number of carboxylic acid groups (broad SMARTS) is 1. The lowest BCUT2D eigenvalue weighted by molar-refractivity contribution is -0.877. The van der Waals surface area contributed by atoms with E-state index in [1.807, 2.05) is 21.1 Å². The molecule has 0 aliphatic rings. The number of aliphatic hydroxyl groups is 1. The number of likely N-dealkylation sites (N-methyl/N-ethyl adjacent to an activating group) is 1. The van der Waals surface area contributed by atoms with Gasteiger partial charge in [-0.1, -0.05) is 0 Å². The van der Waals surface area contributed by atoms with E-state index in [0.29, 0.717) is 4.48 Å². The van der Waals surface area contributed by atoms with Gasteiger partial charge in [0.1, 0.15) is 6.54 Å². The molecule has 72 valence electrons. The van der Waals surface area contributed by atoms with Crippen molar-refractivity contribution in [2.45, 2.75) is 12.1 Å². The largest absolute Gasteiger partial charge is 0.481 e. The summed E-state index contributed by atoms with van der Waals surface area (Å²) in [5.41, 5.74) is 3.74. The molecule has 0 rings (SSSR count). The lowest BCUT2D eigenvalue weighted by Gasteiger charge is -2.31. The van der Waals surface area contributed by atoms with Crippen molar-refractivity contribution in [2.24, 2.45) is 5.73 Å². The number of nitrogens with zero attached hydrogens (tertiary/aromatic N) is 1. The zero-order valence-electron chi connectivity index (χ0n) is 7.74. The number of carbonyl (C=O) groups is 1. The summed E-state index contributed by atoms with van der Waals surface area (Å²) in [6.45, 7) is 0.208. The van der Waals surface area contributed by atoms with Crippen LogP contribution in [0, 0.1) is 0 Å². The number of aliphatic carboxylic acids is 1. The van der Waals surface area contributed by atoms with Gasteiger partial charge in [0.25, 0.3) is 0 Å². The predicted molar refractivity (Wildman–Crippen MR) is 44.3 cm³/mol. The zero-order chi connectivity index (χ0) is 9.99. The standard InChI is InChI=1S/C7H16N2O3/c1-9(2,3)5-7(8,12)4-6(10)11/h12H,4-5,8H2,1-3H3/p+1/t7-/m1/s1. The Labute approximate surface area is 72.0 Å². The summed E-state index contributed by atoms with van der Waals surface area (Å²) in [6.07, 6.45) is -0.428. The molecule has 0 bridgehead atoms. The van der Waals surface area contributed by atoms with E-state index in [1.54, 1.807) is 0 Å². The SMILES string of the molecule is C[N+](C)(C)C[C@](N)(O)CC(=O)O. The molecule has 0 aromatic heterocycles. The van der Waals surface area contributed by atoms with E-state index in [9.17, 15) is 9.90 Å². The van der Waals surface area contributed by atoms with Crippen LogP contribution in [0.1, 0.15) is 6.42 Å². The Hall–Kier alpha value is -0.650. The first kappa shape index (κ1) is 11.4. The zero-order valence-corrected chi connectivity index (χ0v) is 7.74. The topological polar surface area (TPSA) is 83.5 Å². The van der Waals surface area contributed by atoms with E-state index in [1.165, 1.54) is 0 Å². The van der Waals surface area contributed by atoms with Crippen LogP contribution in [-0.4, -0.2) is 54.1 Å². The van der Waals surface area contributed by atoms with Crippen LogP contribution in [0.2, 0.25) is 0 Å². The van der Waals surface area contributed by atoms with Crippen LogP contribution in [0.25, 0.3) is 0 Å². The van der Waals surface area contributed by atoms with Crippen molar-refractivity contribution in [1.29, 1.82) is 0 Å². The predicted octanol–water partition coefficient (Wildman–Crippen LogP) is -1.19. The van der Waals surface area contributed by atoms with E-state index in [4.69, 9.17) is 10.8 Å². The molecule has 12 heavy (non-hydrogen) atoms. The Morgan fingerprint density at radius 1 is 1.50 bits per heavy atom. The smallest absolute Gasteiger partial charge is 0.307 e. The van der Waals surface area contributed by atoms with Gasteiger partial charge in [0.2, 0.25) is 0 Å². The molecule has 5 nitrogen and oxygen atoms in total. The summed E-state index contributed by atoms with van der Waals surface area (Å²) in [7, 11) is 5.50. The van der Waals surface area contributed by atoms with E-state index in [-0.39, 0.29) is 6.54 Å². The van der Waals surface area contributed by atoms with Gasteiger partial charge in [-0.05, 0) is 0 Å². The lowest BCUT2D eigenvalue weighted by atomic mass is 10.1. The van der Waals surface area contributed by atoms with Gasteiger partial charge >= 0.3 is 5.97 Å². The van der Waals surface area contributed by atoms with Gasteiger partial charge in [0.15, 0.2) is 5.72 Å². The summed E-state index contributed by atoms with van der Waals surface area (Å²) < 4.78 is 0.431. The molecule has 0 radical (unpaired) electrons. The normalized spacial score (nSPS) is 17.1. The van der Waals surface area contributed by atoms with Gasteiger partial charge in [-0.3, -0.25) is 10.5 Å². The molecule has 5 heteroatoms. The number of hydrogen-bond acceptors (Lipinski definition) is 3. The van der Waals surface area contributed by atoms with Crippen LogP contribution >= 0.6 is 0 Å². The summed E-state index contributed by atoms with van der Waals surface area (Å²) >= 11 is 0. The van der Waals surface area contributed by atoms with Crippen molar-refractivity contribution in [1.82, 2.24) is 0 Å². The van der Waals surface area contributed by atoms with Crippen LogP contribution < -0.4 is 5.73 Å². The van der Waals surface area contributed by atoms with Gasteiger partial charge < -0.3 is 14.7 Å². The first-order valence-electron chi connectivity index (χ1n) is 3.66. The molecule has 0 aromatic carbocycles. The number of rotatable bonds is 4. The minimum absolute atomic E-state index is 0.208. The minimum atomic E-state index is -1.62. The Morgan fingerprint density at radius 3 is 2.17 bits per heavy atom. The van der Waals surface area contributed by atoms with Crippen molar-refractivity contribution in [3.63, 3.8) is 0 Å². The van der Waals surface area contributed by atoms with Gasteiger partial charge in [-0.2, -0.15) is 0 Å². The second-order valence-electron chi connectivity index (χ2n) is 4.12. The maximum absolute atomic E-state index is 10.3. The van der Waals surface area contributed by atoms with E-state index in [2.05, 4.69) is 0 Å². The van der Waals surface area contributed by atoms with Gasteiger partial charge in [0, 0.05) is 0 Å². The van der Waals surface area contributed by atoms with Crippen molar-refractivity contribution in [3.8, 4) is 0 Å². The Kier molecular flexibility index (Phi) is 3.20. The average Bonchev–Trinajstić information content (AvgIpc) is 1.48. The molecule has 0 spiro atoms. The summed E-state index contributed by atoms with van der Waals surface area (Å²) in [5, 5.41) is 17.8. The lowest BCUT2D eigenvalue weighted by Crippen LogP contribution is -2.55. The van der Waals surface area contributed by atoms with Crippen molar-refractivity contribution >= 4 is 5.97 Å². The molecule has 1 atom stereocenters. The van der Waals surface area contributed by atoms with Gasteiger partial charge in [-0.25, -0.2) is 0 Å². The number of quaternary nitrogens is 1. The van der Waals surface area contributed by atoms with E-state index >= 15 is 0 Å². The average molecular weight is 177 g/mol. The van der Waals surface area contributed by atoms with E-state index in [0.717, 1.165) is 0 Å². The van der Waals surface area contributed by atoms with E-state index < -0.39 is 18.1 Å². The maximum atomic E-state index is 10.3. The first-order valence-corrected chi connectivity index (χ1v) is 3.66. The molecule has 0 unspecified atom stereocenters. The van der Waals surface area contributed by atoms with Crippen LogP contribution in [0.4, 0.5) is 0 Å². The number of carboxylic acids is 1. The third-order valence-corrected chi connectivity index (χ3v) is 1.21. The van der Waals surface area contributed by atoms with Crippen molar-refractivity contribution in [2.75, 3.05) is 27.7 Å². The second-order valence-corrected chi connectivity index (χ2v) is 4.12. The highest BCUT2D eigenvalue weighted by Gasteiger charge is 2.31. The minimum Gasteiger partial charge on any atom is -0.481 e. The molecule has 0 amide bonds. The fourth-order valence-electron chi connectivity index (χ4n) is 1.14. The molecule has 0 aliphatic heterocycles. The van der Waals surface area contributed by atoms with Crippen molar-refractivity contribution < 1.29 is 19.5 Å². The highest BCUT2D eigenvalue weighted by molar-refractivity contribution is 5.67. The summed E-state index contributed by atoms with van der Waals surface area (Å²) in [4.78, 5) is 10.3. The maximum Gasteiger partial charge on any atom is 0.307 e. The molecule has 0 heterocycles. The third kappa shape index (κ3) is 6.09. The molecule has 0 fully saturated rings. The molecule has 0 saturated heterocycles. The Balaban J connectivity index is 4.13. The fraction of sp³-hybridized carbons (Fsp3) is 0.857. The first-order chi connectivity index (χ1) is 5.12. The van der Waals surface area contributed by atoms with Crippen LogP contribution in [-0.2, 0) is 4.79 Å². The quantitative estimate of drug-likeness (QED) is 0.372. The molecule has 0 aromatic rings. The molecule has 0 saturated carbocycles. The third-order valence-electron chi connectivity index (χ3n) is 1.21.